The normalized spacial score (nSPS) is 14.4. The summed E-state index contributed by atoms with van der Waals surface area (Å²) in [5, 5.41) is 11.1. The molecule has 0 aromatic carbocycles. The Bertz CT molecular complexity index is 575. The molecule has 0 radical (unpaired) electrons. The fraction of sp³-hybridized carbons (Fsp3) is 0.538. The van der Waals surface area contributed by atoms with Crippen LogP contribution < -0.4 is 11.1 Å². The van der Waals surface area contributed by atoms with E-state index in [0.29, 0.717) is 11.7 Å². The quantitative estimate of drug-likeness (QED) is 0.771. The van der Waals surface area contributed by atoms with E-state index in [0.717, 1.165) is 36.7 Å². The molecule has 2 aromatic heterocycles. The number of hydrogen-bond donors (Lipinski definition) is 2. The second-order valence-electron chi connectivity index (χ2n) is 5.16. The number of nitrogens with zero attached hydrogens (tertiary/aromatic N) is 5. The second-order valence-corrected chi connectivity index (χ2v) is 5.16. The zero-order valence-electron chi connectivity index (χ0n) is 11.6. The van der Waals surface area contributed by atoms with E-state index in [1.54, 1.807) is 6.20 Å². The molecule has 0 atom stereocenters. The molecule has 1 saturated carbocycles. The van der Waals surface area contributed by atoms with Crippen molar-refractivity contribution in [3.05, 3.63) is 23.8 Å². The number of nitrogens with two attached hydrogens (primary N) is 1. The lowest BCUT2D eigenvalue weighted by molar-refractivity contribution is 0.569. The molecule has 1 fully saturated rings. The topological polar surface area (TPSA) is 94.5 Å². The van der Waals surface area contributed by atoms with Gasteiger partial charge in [0.1, 0.15) is 17.5 Å². The molecule has 1 aliphatic rings. The molecule has 20 heavy (non-hydrogen) atoms. The van der Waals surface area contributed by atoms with Crippen molar-refractivity contribution in [2.24, 2.45) is 0 Å². The zero-order chi connectivity index (χ0) is 13.9. The van der Waals surface area contributed by atoms with Crippen LogP contribution in [0.3, 0.4) is 0 Å². The van der Waals surface area contributed by atoms with Crippen LogP contribution in [0.2, 0.25) is 0 Å². The van der Waals surface area contributed by atoms with Crippen LogP contribution in [-0.4, -0.2) is 31.5 Å². The Labute approximate surface area is 117 Å². The summed E-state index contributed by atoms with van der Waals surface area (Å²) in [6.07, 6.45) is 6.84. The van der Waals surface area contributed by atoms with E-state index in [1.165, 1.54) is 12.8 Å². The summed E-state index contributed by atoms with van der Waals surface area (Å²) >= 11 is 0. The molecule has 0 saturated heterocycles. The molecular formula is C13H19N7. The number of nitrogen functional groups attached to an aromatic ring is 1. The van der Waals surface area contributed by atoms with Gasteiger partial charge in [-0.3, -0.25) is 4.68 Å². The number of hydrogen-bond acceptors (Lipinski definition) is 6. The number of rotatable bonds is 6. The zero-order valence-corrected chi connectivity index (χ0v) is 11.6. The summed E-state index contributed by atoms with van der Waals surface area (Å²) in [7, 11) is 0. The van der Waals surface area contributed by atoms with Crippen LogP contribution >= 0.6 is 0 Å². The lowest BCUT2D eigenvalue weighted by Crippen LogP contribution is -2.12. The van der Waals surface area contributed by atoms with E-state index in [4.69, 9.17) is 5.73 Å². The monoisotopic (exact) mass is 273 g/mol. The Hall–Kier alpha value is -2.18. The van der Waals surface area contributed by atoms with Crippen LogP contribution in [0.1, 0.15) is 36.6 Å². The standard InChI is InChI=1S/C13H19N7/c1-9-11(14)17-13(10-3-4-10)18-12(9)15-5-2-7-20-8-6-16-19-20/h6,8,10H,2-5,7H2,1H3,(H3,14,15,17,18). The first-order valence-corrected chi connectivity index (χ1v) is 6.96. The van der Waals surface area contributed by atoms with Gasteiger partial charge < -0.3 is 11.1 Å². The third kappa shape index (κ3) is 2.87. The van der Waals surface area contributed by atoms with Gasteiger partial charge in [-0.1, -0.05) is 5.21 Å². The molecular weight excluding hydrogens is 254 g/mol. The third-order valence-corrected chi connectivity index (χ3v) is 3.47. The van der Waals surface area contributed by atoms with Crippen molar-refractivity contribution < 1.29 is 0 Å². The highest BCUT2D eigenvalue weighted by Crippen LogP contribution is 2.39. The molecule has 3 rings (SSSR count). The number of nitrogens with one attached hydrogen (secondary N) is 1. The van der Waals surface area contributed by atoms with Crippen molar-refractivity contribution in [2.75, 3.05) is 17.6 Å². The van der Waals surface area contributed by atoms with Gasteiger partial charge in [0.2, 0.25) is 0 Å². The highest BCUT2D eigenvalue weighted by atomic mass is 15.4. The number of aryl methyl sites for hydroxylation is 1. The second kappa shape index (κ2) is 5.44. The van der Waals surface area contributed by atoms with E-state index in [9.17, 15) is 0 Å². The van der Waals surface area contributed by atoms with Crippen LogP contribution in [0, 0.1) is 6.92 Å². The Kier molecular flexibility index (Phi) is 3.49. The van der Waals surface area contributed by atoms with Gasteiger partial charge in [-0.05, 0) is 26.2 Å². The minimum atomic E-state index is 0.508. The predicted octanol–water partition coefficient (Wildman–Crippen LogP) is 1.34. The molecule has 2 heterocycles. The van der Waals surface area contributed by atoms with Crippen LogP contribution in [0.15, 0.2) is 12.4 Å². The lowest BCUT2D eigenvalue weighted by Gasteiger charge is -2.11. The molecule has 2 aromatic rings. The van der Waals surface area contributed by atoms with Crippen LogP contribution in [-0.2, 0) is 6.54 Å². The SMILES string of the molecule is Cc1c(N)nc(C2CC2)nc1NCCCn1ccnn1. The molecule has 7 heteroatoms. The molecule has 1 aliphatic carbocycles. The largest absolute Gasteiger partial charge is 0.383 e. The molecule has 0 amide bonds. The molecule has 0 aliphatic heterocycles. The summed E-state index contributed by atoms with van der Waals surface area (Å²) in [6.45, 7) is 3.61. The Morgan fingerprint density at radius 1 is 1.40 bits per heavy atom. The molecule has 0 bridgehead atoms. The predicted molar refractivity (Wildman–Crippen MR) is 76.3 cm³/mol. The molecule has 0 unspecified atom stereocenters. The van der Waals surface area contributed by atoms with Crippen molar-refractivity contribution >= 4 is 11.6 Å². The first-order valence-electron chi connectivity index (χ1n) is 6.96. The Balaban J connectivity index is 1.58. The van der Waals surface area contributed by atoms with E-state index >= 15 is 0 Å². The van der Waals surface area contributed by atoms with Crippen molar-refractivity contribution in [1.29, 1.82) is 0 Å². The van der Waals surface area contributed by atoms with Gasteiger partial charge in [-0.2, -0.15) is 0 Å². The van der Waals surface area contributed by atoms with Gasteiger partial charge in [0.05, 0.1) is 6.20 Å². The molecule has 7 nitrogen and oxygen atoms in total. The Morgan fingerprint density at radius 3 is 2.95 bits per heavy atom. The molecule has 0 spiro atoms. The maximum Gasteiger partial charge on any atom is 0.136 e. The average molecular weight is 273 g/mol. The summed E-state index contributed by atoms with van der Waals surface area (Å²) in [4.78, 5) is 8.96. The van der Waals surface area contributed by atoms with Gasteiger partial charge in [-0.25, -0.2) is 9.97 Å². The first-order chi connectivity index (χ1) is 9.74. The van der Waals surface area contributed by atoms with E-state index < -0.39 is 0 Å². The van der Waals surface area contributed by atoms with Gasteiger partial charge in [-0.15, -0.1) is 5.10 Å². The van der Waals surface area contributed by atoms with Gasteiger partial charge in [0, 0.05) is 30.8 Å². The maximum absolute atomic E-state index is 5.95. The summed E-state index contributed by atoms with van der Waals surface area (Å²) < 4.78 is 1.82. The van der Waals surface area contributed by atoms with Crippen LogP contribution in [0.5, 0.6) is 0 Å². The van der Waals surface area contributed by atoms with Crippen molar-refractivity contribution in [3.63, 3.8) is 0 Å². The van der Waals surface area contributed by atoms with Gasteiger partial charge in [0.25, 0.3) is 0 Å². The third-order valence-electron chi connectivity index (χ3n) is 3.47. The summed E-state index contributed by atoms with van der Waals surface area (Å²) in [5.41, 5.74) is 6.88. The van der Waals surface area contributed by atoms with Crippen molar-refractivity contribution in [3.8, 4) is 0 Å². The molecule has 3 N–H and O–H groups in total. The van der Waals surface area contributed by atoms with Crippen LogP contribution in [0.4, 0.5) is 11.6 Å². The summed E-state index contributed by atoms with van der Waals surface area (Å²) in [5.74, 6) is 2.83. The van der Waals surface area contributed by atoms with E-state index in [1.807, 2.05) is 17.8 Å². The van der Waals surface area contributed by atoms with E-state index in [2.05, 4.69) is 25.6 Å². The first kappa shape index (κ1) is 12.8. The van der Waals surface area contributed by atoms with Crippen molar-refractivity contribution in [1.82, 2.24) is 25.0 Å². The average Bonchev–Trinajstić information content (AvgIpc) is 3.16. The Morgan fingerprint density at radius 2 is 2.25 bits per heavy atom. The van der Waals surface area contributed by atoms with Crippen LogP contribution in [0.25, 0.3) is 0 Å². The van der Waals surface area contributed by atoms with Gasteiger partial charge in [0.15, 0.2) is 0 Å². The van der Waals surface area contributed by atoms with Crippen molar-refractivity contribution in [2.45, 2.75) is 38.6 Å². The van der Waals surface area contributed by atoms with Gasteiger partial charge >= 0.3 is 0 Å². The highest BCUT2D eigenvalue weighted by molar-refractivity contribution is 5.55. The fourth-order valence-electron chi connectivity index (χ4n) is 2.05. The fourth-order valence-corrected chi connectivity index (χ4v) is 2.05. The highest BCUT2D eigenvalue weighted by Gasteiger charge is 2.27. The number of anilines is 2. The summed E-state index contributed by atoms with van der Waals surface area (Å²) in [6, 6.07) is 0. The molecule has 106 valence electrons. The number of aromatic nitrogens is 5. The minimum Gasteiger partial charge on any atom is -0.383 e. The maximum atomic E-state index is 5.95. The van der Waals surface area contributed by atoms with E-state index in [-0.39, 0.29) is 0 Å². The smallest absolute Gasteiger partial charge is 0.136 e. The lowest BCUT2D eigenvalue weighted by atomic mass is 10.2. The minimum absolute atomic E-state index is 0.508.